The minimum absolute atomic E-state index is 0.135. The topological polar surface area (TPSA) is 88.7 Å². The van der Waals surface area contributed by atoms with Gasteiger partial charge < -0.3 is 25.4 Å². The zero-order chi connectivity index (χ0) is 21.0. The summed E-state index contributed by atoms with van der Waals surface area (Å²) in [6.45, 7) is 7.72. The lowest BCUT2D eigenvalue weighted by molar-refractivity contribution is -0.116. The molecule has 0 aromatic heterocycles. The number of carbonyl (C=O) groups is 2. The molecule has 1 aliphatic rings. The van der Waals surface area contributed by atoms with Crippen molar-refractivity contribution in [2.24, 2.45) is 0 Å². The highest BCUT2D eigenvalue weighted by Crippen LogP contribution is 2.38. The number of ether oxygens (including phenoxy) is 2. The number of benzene rings is 2. The van der Waals surface area contributed by atoms with E-state index >= 15 is 0 Å². The minimum Gasteiger partial charge on any atom is -0.492 e. The SMILES string of the molecule is CCOc1cc2c(cc1N[C@H](C)C(=O)Nc1ccc(NC(C)=O)cc1)O[C@H](C)C2. The van der Waals surface area contributed by atoms with Gasteiger partial charge in [-0.3, -0.25) is 9.59 Å². The van der Waals surface area contributed by atoms with Crippen LogP contribution in [0.5, 0.6) is 11.5 Å². The third-order valence-corrected chi connectivity index (χ3v) is 4.54. The molecule has 2 aromatic rings. The first-order chi connectivity index (χ1) is 13.9. The molecule has 2 aromatic carbocycles. The van der Waals surface area contributed by atoms with Gasteiger partial charge in [-0.25, -0.2) is 0 Å². The molecule has 1 aliphatic heterocycles. The Morgan fingerprint density at radius 2 is 1.83 bits per heavy atom. The standard InChI is InChI=1S/C22H27N3O4/c1-5-28-21-11-16-10-13(2)29-20(16)12-19(21)23-14(3)22(27)25-18-8-6-17(7-9-18)24-15(4)26/h6-9,11-14,23H,5,10H2,1-4H3,(H,24,26)(H,25,27)/t13-,14-/m1/s1. The molecular formula is C22H27N3O4. The van der Waals surface area contributed by atoms with E-state index in [-0.39, 0.29) is 17.9 Å². The fraction of sp³-hybridized carbons (Fsp3) is 0.364. The Hall–Kier alpha value is -3.22. The van der Waals surface area contributed by atoms with E-state index in [0.717, 1.165) is 23.4 Å². The normalized spacial score (nSPS) is 15.7. The molecule has 0 fully saturated rings. The lowest BCUT2D eigenvalue weighted by atomic mass is 10.1. The van der Waals surface area contributed by atoms with Crippen molar-refractivity contribution in [1.82, 2.24) is 0 Å². The van der Waals surface area contributed by atoms with Crippen molar-refractivity contribution in [3.05, 3.63) is 42.0 Å². The lowest BCUT2D eigenvalue weighted by Crippen LogP contribution is -2.32. The molecule has 2 amide bonds. The first-order valence-corrected chi connectivity index (χ1v) is 9.77. The van der Waals surface area contributed by atoms with Crippen LogP contribution in [0.3, 0.4) is 0 Å². The van der Waals surface area contributed by atoms with Gasteiger partial charge in [-0.2, -0.15) is 0 Å². The van der Waals surface area contributed by atoms with Gasteiger partial charge in [0.15, 0.2) is 0 Å². The third-order valence-electron chi connectivity index (χ3n) is 4.54. The van der Waals surface area contributed by atoms with Crippen LogP contribution in [0.4, 0.5) is 17.1 Å². The van der Waals surface area contributed by atoms with Crippen LogP contribution in [0.2, 0.25) is 0 Å². The summed E-state index contributed by atoms with van der Waals surface area (Å²) in [6, 6.07) is 10.3. The van der Waals surface area contributed by atoms with Gasteiger partial charge in [-0.05, 0) is 51.1 Å². The molecule has 29 heavy (non-hydrogen) atoms. The average molecular weight is 397 g/mol. The summed E-state index contributed by atoms with van der Waals surface area (Å²) in [5.41, 5.74) is 3.16. The summed E-state index contributed by atoms with van der Waals surface area (Å²) in [7, 11) is 0. The summed E-state index contributed by atoms with van der Waals surface area (Å²) < 4.78 is 11.6. The van der Waals surface area contributed by atoms with Gasteiger partial charge in [0.25, 0.3) is 0 Å². The molecule has 0 bridgehead atoms. The molecule has 3 N–H and O–H groups in total. The van der Waals surface area contributed by atoms with Crippen LogP contribution >= 0.6 is 0 Å². The predicted octanol–water partition coefficient (Wildman–Crippen LogP) is 3.81. The number of amides is 2. The number of fused-ring (bicyclic) bond motifs is 1. The summed E-state index contributed by atoms with van der Waals surface area (Å²) in [6.07, 6.45) is 0.983. The van der Waals surface area contributed by atoms with Gasteiger partial charge in [-0.1, -0.05) is 0 Å². The zero-order valence-electron chi connectivity index (χ0n) is 17.2. The van der Waals surface area contributed by atoms with Gasteiger partial charge in [0.05, 0.1) is 12.3 Å². The van der Waals surface area contributed by atoms with Crippen LogP contribution in [0.15, 0.2) is 36.4 Å². The first-order valence-electron chi connectivity index (χ1n) is 9.77. The number of hydrogen-bond donors (Lipinski definition) is 3. The Kier molecular flexibility index (Phi) is 6.26. The molecule has 1 heterocycles. The summed E-state index contributed by atoms with van der Waals surface area (Å²) in [4.78, 5) is 23.7. The molecule has 0 radical (unpaired) electrons. The van der Waals surface area contributed by atoms with E-state index in [1.807, 2.05) is 26.0 Å². The van der Waals surface area contributed by atoms with Gasteiger partial charge >= 0.3 is 0 Å². The number of carbonyl (C=O) groups excluding carboxylic acids is 2. The van der Waals surface area contributed by atoms with Crippen molar-refractivity contribution < 1.29 is 19.1 Å². The molecule has 7 heteroatoms. The Morgan fingerprint density at radius 3 is 2.45 bits per heavy atom. The maximum absolute atomic E-state index is 12.6. The molecule has 2 atom stereocenters. The Labute approximate surface area is 170 Å². The molecular weight excluding hydrogens is 370 g/mol. The second-order valence-electron chi connectivity index (χ2n) is 7.14. The number of hydrogen-bond acceptors (Lipinski definition) is 5. The van der Waals surface area contributed by atoms with E-state index in [4.69, 9.17) is 9.47 Å². The maximum Gasteiger partial charge on any atom is 0.246 e. The van der Waals surface area contributed by atoms with E-state index in [0.29, 0.717) is 23.7 Å². The van der Waals surface area contributed by atoms with Gasteiger partial charge in [-0.15, -0.1) is 0 Å². The van der Waals surface area contributed by atoms with E-state index in [2.05, 4.69) is 16.0 Å². The van der Waals surface area contributed by atoms with Crippen LogP contribution in [0.1, 0.15) is 33.3 Å². The monoisotopic (exact) mass is 397 g/mol. The third kappa shape index (κ3) is 5.19. The highest BCUT2D eigenvalue weighted by atomic mass is 16.5. The van der Waals surface area contributed by atoms with Crippen molar-refractivity contribution in [2.45, 2.75) is 46.3 Å². The van der Waals surface area contributed by atoms with Crippen molar-refractivity contribution >= 4 is 28.9 Å². The molecule has 3 rings (SSSR count). The predicted molar refractivity (Wildman–Crippen MR) is 114 cm³/mol. The van der Waals surface area contributed by atoms with Gasteiger partial charge in [0, 0.05) is 36.3 Å². The molecule has 0 saturated heterocycles. The van der Waals surface area contributed by atoms with E-state index in [9.17, 15) is 9.59 Å². The number of rotatable bonds is 7. The average Bonchev–Trinajstić information content (AvgIpc) is 3.02. The Bertz CT molecular complexity index is 896. The zero-order valence-corrected chi connectivity index (χ0v) is 17.2. The Balaban J connectivity index is 1.68. The molecule has 0 unspecified atom stereocenters. The largest absolute Gasteiger partial charge is 0.492 e. The van der Waals surface area contributed by atoms with Crippen molar-refractivity contribution in [2.75, 3.05) is 22.6 Å². The van der Waals surface area contributed by atoms with Gasteiger partial charge in [0.2, 0.25) is 11.8 Å². The molecule has 0 aliphatic carbocycles. The van der Waals surface area contributed by atoms with Crippen LogP contribution in [-0.2, 0) is 16.0 Å². The van der Waals surface area contributed by atoms with Crippen molar-refractivity contribution in [3.8, 4) is 11.5 Å². The van der Waals surface area contributed by atoms with Crippen LogP contribution in [0, 0.1) is 0 Å². The molecule has 7 nitrogen and oxygen atoms in total. The second-order valence-corrected chi connectivity index (χ2v) is 7.14. The smallest absolute Gasteiger partial charge is 0.246 e. The van der Waals surface area contributed by atoms with E-state index in [1.165, 1.54) is 6.92 Å². The quantitative estimate of drug-likeness (QED) is 0.661. The van der Waals surface area contributed by atoms with Crippen molar-refractivity contribution in [3.63, 3.8) is 0 Å². The Morgan fingerprint density at radius 1 is 1.17 bits per heavy atom. The maximum atomic E-state index is 12.6. The highest BCUT2D eigenvalue weighted by molar-refractivity contribution is 5.97. The molecule has 0 spiro atoms. The molecule has 0 saturated carbocycles. The van der Waals surface area contributed by atoms with E-state index < -0.39 is 6.04 Å². The van der Waals surface area contributed by atoms with Crippen LogP contribution < -0.4 is 25.4 Å². The van der Waals surface area contributed by atoms with Crippen LogP contribution in [0.25, 0.3) is 0 Å². The summed E-state index contributed by atoms with van der Waals surface area (Å²) in [5, 5.41) is 8.78. The number of anilines is 3. The van der Waals surface area contributed by atoms with Crippen LogP contribution in [-0.4, -0.2) is 30.6 Å². The first kappa shape index (κ1) is 20.5. The minimum atomic E-state index is -0.499. The summed E-state index contributed by atoms with van der Waals surface area (Å²) in [5.74, 6) is 1.21. The summed E-state index contributed by atoms with van der Waals surface area (Å²) >= 11 is 0. The fourth-order valence-corrected chi connectivity index (χ4v) is 3.22. The lowest BCUT2D eigenvalue weighted by Gasteiger charge is -2.19. The van der Waals surface area contributed by atoms with Crippen molar-refractivity contribution in [1.29, 1.82) is 0 Å². The van der Waals surface area contributed by atoms with Gasteiger partial charge in [0.1, 0.15) is 23.6 Å². The number of nitrogens with one attached hydrogen (secondary N) is 3. The fourth-order valence-electron chi connectivity index (χ4n) is 3.22. The highest BCUT2D eigenvalue weighted by Gasteiger charge is 2.23. The van der Waals surface area contributed by atoms with E-state index in [1.54, 1.807) is 31.2 Å². The molecule has 154 valence electrons. The second kappa shape index (κ2) is 8.86.